The highest BCUT2D eigenvalue weighted by atomic mass is 19.3. The first kappa shape index (κ1) is 19.9. The van der Waals surface area contributed by atoms with E-state index in [1.54, 1.807) is 24.3 Å². The molecule has 0 saturated heterocycles. The maximum Gasteiger partial charge on any atom is 0.387 e. The second-order valence-electron chi connectivity index (χ2n) is 5.27. The standard InChI is InChI=1S/C19H18F2N2O4/c1-22-18(25)13-5-7-14(8-6-13)23-17(24)10-4-12-3-9-15(27-19(20)21)16(11-12)26-2/h3-11,19H,1-2H3,(H,22,25)(H,23,24)/b10-4+. The van der Waals surface area contributed by atoms with Crippen molar-refractivity contribution in [1.82, 2.24) is 5.32 Å². The van der Waals surface area contributed by atoms with Crippen molar-refractivity contribution in [2.45, 2.75) is 6.61 Å². The number of halogens is 2. The van der Waals surface area contributed by atoms with E-state index in [4.69, 9.17) is 4.74 Å². The lowest BCUT2D eigenvalue weighted by atomic mass is 10.1. The van der Waals surface area contributed by atoms with Crippen LogP contribution in [0.25, 0.3) is 6.08 Å². The van der Waals surface area contributed by atoms with Crippen LogP contribution in [0, 0.1) is 0 Å². The summed E-state index contributed by atoms with van der Waals surface area (Å²) in [6, 6.07) is 10.7. The van der Waals surface area contributed by atoms with Gasteiger partial charge in [-0.15, -0.1) is 0 Å². The summed E-state index contributed by atoms with van der Waals surface area (Å²) in [6.45, 7) is -2.96. The van der Waals surface area contributed by atoms with Crippen LogP contribution >= 0.6 is 0 Å². The van der Waals surface area contributed by atoms with Gasteiger partial charge < -0.3 is 20.1 Å². The number of carbonyl (C=O) groups excluding carboxylic acids is 2. The van der Waals surface area contributed by atoms with Crippen molar-refractivity contribution in [3.63, 3.8) is 0 Å². The van der Waals surface area contributed by atoms with Crippen LogP contribution in [0.15, 0.2) is 48.5 Å². The molecule has 0 aliphatic carbocycles. The first-order valence-corrected chi connectivity index (χ1v) is 7.87. The number of rotatable bonds is 7. The number of ether oxygens (including phenoxy) is 2. The van der Waals surface area contributed by atoms with Gasteiger partial charge in [-0.2, -0.15) is 8.78 Å². The Bertz CT molecular complexity index is 836. The molecule has 0 aromatic heterocycles. The Hall–Kier alpha value is -3.42. The molecule has 2 rings (SSSR count). The number of amides is 2. The van der Waals surface area contributed by atoms with E-state index in [1.807, 2.05) is 0 Å². The van der Waals surface area contributed by atoms with Crippen LogP contribution in [0.4, 0.5) is 14.5 Å². The van der Waals surface area contributed by atoms with Crippen molar-refractivity contribution in [2.75, 3.05) is 19.5 Å². The number of methoxy groups -OCH3 is 1. The normalized spacial score (nSPS) is 10.7. The van der Waals surface area contributed by atoms with Crippen LogP contribution in [0.2, 0.25) is 0 Å². The Labute approximate surface area is 154 Å². The second kappa shape index (κ2) is 9.33. The molecule has 6 nitrogen and oxygen atoms in total. The number of hydrogen-bond donors (Lipinski definition) is 2. The summed E-state index contributed by atoms with van der Waals surface area (Å²) in [5.74, 6) is -0.580. The molecule has 8 heteroatoms. The molecule has 2 N–H and O–H groups in total. The van der Waals surface area contributed by atoms with E-state index in [9.17, 15) is 18.4 Å². The van der Waals surface area contributed by atoms with Gasteiger partial charge in [0.1, 0.15) is 0 Å². The molecule has 0 heterocycles. The monoisotopic (exact) mass is 376 g/mol. The SMILES string of the molecule is CNC(=O)c1ccc(NC(=O)/C=C/c2ccc(OC(F)F)c(OC)c2)cc1. The number of anilines is 1. The van der Waals surface area contributed by atoms with E-state index in [1.165, 1.54) is 44.5 Å². The first-order chi connectivity index (χ1) is 12.9. The Morgan fingerprint density at radius 2 is 1.78 bits per heavy atom. The molecule has 0 saturated carbocycles. The zero-order chi connectivity index (χ0) is 19.8. The van der Waals surface area contributed by atoms with E-state index in [0.29, 0.717) is 16.8 Å². The van der Waals surface area contributed by atoms with E-state index < -0.39 is 12.5 Å². The molecule has 0 radical (unpaired) electrons. The third kappa shape index (κ3) is 5.81. The van der Waals surface area contributed by atoms with Crippen LogP contribution < -0.4 is 20.1 Å². The average molecular weight is 376 g/mol. The van der Waals surface area contributed by atoms with E-state index in [0.717, 1.165) is 0 Å². The van der Waals surface area contributed by atoms with Gasteiger partial charge in [0.2, 0.25) is 5.91 Å². The summed E-state index contributed by atoms with van der Waals surface area (Å²) in [5.41, 5.74) is 1.57. The molecular weight excluding hydrogens is 358 g/mol. The highest BCUT2D eigenvalue weighted by molar-refractivity contribution is 6.02. The fraction of sp³-hybridized carbons (Fsp3) is 0.158. The van der Waals surface area contributed by atoms with Crippen molar-refractivity contribution in [1.29, 1.82) is 0 Å². The summed E-state index contributed by atoms with van der Waals surface area (Å²) in [5, 5.41) is 5.16. The van der Waals surface area contributed by atoms with Crippen molar-refractivity contribution in [3.05, 3.63) is 59.7 Å². The number of alkyl halides is 2. The topological polar surface area (TPSA) is 76.7 Å². The van der Waals surface area contributed by atoms with Gasteiger partial charge in [0.05, 0.1) is 7.11 Å². The Morgan fingerprint density at radius 3 is 2.37 bits per heavy atom. The summed E-state index contributed by atoms with van der Waals surface area (Å²) in [4.78, 5) is 23.5. The highest BCUT2D eigenvalue weighted by Gasteiger charge is 2.10. The second-order valence-corrected chi connectivity index (χ2v) is 5.27. The lowest BCUT2D eigenvalue weighted by Gasteiger charge is -2.10. The number of nitrogens with one attached hydrogen (secondary N) is 2. The first-order valence-electron chi connectivity index (χ1n) is 7.87. The minimum atomic E-state index is -2.96. The van der Waals surface area contributed by atoms with Gasteiger partial charge in [-0.25, -0.2) is 0 Å². The van der Waals surface area contributed by atoms with Gasteiger partial charge in [0.15, 0.2) is 11.5 Å². The zero-order valence-corrected chi connectivity index (χ0v) is 14.7. The van der Waals surface area contributed by atoms with Gasteiger partial charge in [-0.05, 0) is 48.0 Å². The third-order valence-corrected chi connectivity index (χ3v) is 3.47. The van der Waals surface area contributed by atoms with Gasteiger partial charge in [0, 0.05) is 24.4 Å². The third-order valence-electron chi connectivity index (χ3n) is 3.47. The highest BCUT2D eigenvalue weighted by Crippen LogP contribution is 2.29. The van der Waals surface area contributed by atoms with Gasteiger partial charge in [-0.1, -0.05) is 6.07 Å². The fourth-order valence-electron chi connectivity index (χ4n) is 2.19. The average Bonchev–Trinajstić information content (AvgIpc) is 2.66. The lowest BCUT2D eigenvalue weighted by molar-refractivity contribution is -0.111. The van der Waals surface area contributed by atoms with E-state index in [2.05, 4.69) is 15.4 Å². The van der Waals surface area contributed by atoms with Crippen LogP contribution in [0.5, 0.6) is 11.5 Å². The van der Waals surface area contributed by atoms with Crippen LogP contribution in [-0.2, 0) is 4.79 Å². The Kier molecular flexibility index (Phi) is 6.87. The molecule has 0 spiro atoms. The maximum atomic E-state index is 12.3. The number of carbonyl (C=O) groups is 2. The lowest BCUT2D eigenvalue weighted by Crippen LogP contribution is -2.17. The predicted octanol–water partition coefficient (Wildman–Crippen LogP) is 3.31. The van der Waals surface area contributed by atoms with Crippen molar-refractivity contribution in [3.8, 4) is 11.5 Å². The smallest absolute Gasteiger partial charge is 0.387 e. The molecule has 0 aliphatic heterocycles. The summed E-state index contributed by atoms with van der Waals surface area (Å²) in [6.07, 6.45) is 2.79. The number of hydrogen-bond acceptors (Lipinski definition) is 4. The molecule has 0 aliphatic rings. The molecule has 2 amide bonds. The van der Waals surface area contributed by atoms with Gasteiger partial charge >= 0.3 is 6.61 Å². The molecule has 27 heavy (non-hydrogen) atoms. The van der Waals surface area contributed by atoms with E-state index in [-0.39, 0.29) is 17.4 Å². The molecule has 2 aromatic carbocycles. The quantitative estimate of drug-likeness (QED) is 0.727. The van der Waals surface area contributed by atoms with Gasteiger partial charge in [0.25, 0.3) is 5.91 Å². The molecule has 0 atom stereocenters. The van der Waals surface area contributed by atoms with Crippen LogP contribution in [0.1, 0.15) is 15.9 Å². The predicted molar refractivity (Wildman–Crippen MR) is 97.1 cm³/mol. The Balaban J connectivity index is 2.02. The van der Waals surface area contributed by atoms with Crippen LogP contribution in [0.3, 0.4) is 0 Å². The Morgan fingerprint density at radius 1 is 1.07 bits per heavy atom. The summed E-state index contributed by atoms with van der Waals surface area (Å²) >= 11 is 0. The minimum absolute atomic E-state index is 0.0923. The minimum Gasteiger partial charge on any atom is -0.493 e. The molecular formula is C19H18F2N2O4. The van der Waals surface area contributed by atoms with Gasteiger partial charge in [-0.3, -0.25) is 9.59 Å². The zero-order valence-electron chi connectivity index (χ0n) is 14.7. The molecule has 0 unspecified atom stereocenters. The largest absolute Gasteiger partial charge is 0.493 e. The fourth-order valence-corrected chi connectivity index (χ4v) is 2.19. The summed E-state index contributed by atoms with van der Waals surface area (Å²) in [7, 11) is 2.86. The van der Waals surface area contributed by atoms with E-state index >= 15 is 0 Å². The van der Waals surface area contributed by atoms with Crippen molar-refractivity contribution >= 4 is 23.6 Å². The molecule has 142 valence electrons. The molecule has 2 aromatic rings. The molecule has 0 fully saturated rings. The van der Waals surface area contributed by atoms with Crippen LogP contribution in [-0.4, -0.2) is 32.6 Å². The molecule has 0 bridgehead atoms. The number of benzene rings is 2. The van der Waals surface area contributed by atoms with Crippen molar-refractivity contribution < 1.29 is 27.8 Å². The van der Waals surface area contributed by atoms with Crippen molar-refractivity contribution in [2.24, 2.45) is 0 Å². The summed E-state index contributed by atoms with van der Waals surface area (Å²) < 4.78 is 34.0. The maximum absolute atomic E-state index is 12.3.